The first-order chi connectivity index (χ1) is 8.71. The second-order valence-corrected chi connectivity index (χ2v) is 4.80. The Morgan fingerprint density at radius 3 is 2.32 bits per heavy atom. The van der Waals surface area contributed by atoms with Gasteiger partial charge in [-0.15, -0.1) is 0 Å². The van der Waals surface area contributed by atoms with E-state index in [-0.39, 0.29) is 12.1 Å². The number of benzene rings is 1. The van der Waals surface area contributed by atoms with Gasteiger partial charge in [-0.1, -0.05) is 19.9 Å². The zero-order valence-electron chi connectivity index (χ0n) is 10.8. The van der Waals surface area contributed by atoms with E-state index in [1.54, 1.807) is 0 Å². The largest absolute Gasteiger partial charge is 0.419 e. The summed E-state index contributed by atoms with van der Waals surface area (Å²) < 4.78 is 50.4. The van der Waals surface area contributed by atoms with Gasteiger partial charge >= 0.3 is 6.18 Å². The van der Waals surface area contributed by atoms with Crippen LogP contribution in [0, 0.1) is 11.7 Å². The lowest BCUT2D eigenvalue weighted by Crippen LogP contribution is -2.25. The van der Waals surface area contributed by atoms with Gasteiger partial charge in [-0.2, -0.15) is 13.2 Å². The third kappa shape index (κ3) is 4.80. The maximum Gasteiger partial charge on any atom is 0.419 e. The average molecular weight is 279 g/mol. The highest BCUT2D eigenvalue weighted by Crippen LogP contribution is 2.32. The molecule has 0 fully saturated rings. The van der Waals surface area contributed by atoms with E-state index in [0.717, 1.165) is 12.1 Å². The molecule has 2 N–H and O–H groups in total. The fraction of sp³-hybridized carbons (Fsp3) is 0.538. The van der Waals surface area contributed by atoms with Crippen LogP contribution in [0.15, 0.2) is 18.2 Å². The van der Waals surface area contributed by atoms with Crippen molar-refractivity contribution in [2.24, 2.45) is 5.92 Å². The van der Waals surface area contributed by atoms with Gasteiger partial charge in [0.2, 0.25) is 0 Å². The predicted octanol–water partition coefficient (Wildman–Crippen LogP) is 3.12. The van der Waals surface area contributed by atoms with Crippen molar-refractivity contribution < 1.29 is 22.7 Å². The van der Waals surface area contributed by atoms with E-state index in [4.69, 9.17) is 0 Å². The molecule has 0 saturated heterocycles. The Bertz CT molecular complexity index is 418. The molecule has 2 nitrogen and oxygen atoms in total. The van der Waals surface area contributed by atoms with Crippen LogP contribution in [0.2, 0.25) is 0 Å². The van der Waals surface area contributed by atoms with Crippen LogP contribution >= 0.6 is 0 Å². The van der Waals surface area contributed by atoms with E-state index in [9.17, 15) is 22.7 Å². The summed E-state index contributed by atoms with van der Waals surface area (Å²) in [6.45, 7) is 4.80. The molecule has 0 spiro atoms. The SMILES string of the molecule is CC(C)CNCC(O)c1ccc(C(F)(F)F)c(F)c1. The van der Waals surface area contributed by atoms with Gasteiger partial charge in [0.25, 0.3) is 0 Å². The van der Waals surface area contributed by atoms with E-state index in [1.807, 2.05) is 13.8 Å². The summed E-state index contributed by atoms with van der Waals surface area (Å²) in [4.78, 5) is 0. The fourth-order valence-electron chi connectivity index (χ4n) is 1.60. The van der Waals surface area contributed by atoms with Crippen LogP contribution in [0.3, 0.4) is 0 Å². The number of rotatable bonds is 5. The Morgan fingerprint density at radius 1 is 1.21 bits per heavy atom. The van der Waals surface area contributed by atoms with Crippen molar-refractivity contribution in [3.05, 3.63) is 35.1 Å². The van der Waals surface area contributed by atoms with Crippen molar-refractivity contribution in [1.29, 1.82) is 0 Å². The summed E-state index contributed by atoms with van der Waals surface area (Å²) >= 11 is 0. The monoisotopic (exact) mass is 279 g/mol. The predicted molar refractivity (Wildman–Crippen MR) is 64.1 cm³/mol. The van der Waals surface area contributed by atoms with Crippen LogP contribution in [-0.4, -0.2) is 18.2 Å². The van der Waals surface area contributed by atoms with Crippen molar-refractivity contribution >= 4 is 0 Å². The molecule has 0 saturated carbocycles. The first-order valence-corrected chi connectivity index (χ1v) is 5.97. The molecular weight excluding hydrogens is 262 g/mol. The van der Waals surface area contributed by atoms with Crippen LogP contribution in [0.5, 0.6) is 0 Å². The Balaban J connectivity index is 2.72. The van der Waals surface area contributed by atoms with Crippen molar-refractivity contribution in [3.8, 4) is 0 Å². The van der Waals surface area contributed by atoms with Crippen molar-refractivity contribution in [1.82, 2.24) is 5.32 Å². The van der Waals surface area contributed by atoms with Gasteiger partial charge in [-0.3, -0.25) is 0 Å². The summed E-state index contributed by atoms with van der Waals surface area (Å²) in [6.07, 6.45) is -5.75. The smallest absolute Gasteiger partial charge is 0.387 e. The normalized spacial score (nSPS) is 13.9. The minimum Gasteiger partial charge on any atom is -0.387 e. The van der Waals surface area contributed by atoms with Gasteiger partial charge in [-0.05, 0) is 30.2 Å². The minimum atomic E-state index is -4.72. The molecule has 0 aliphatic heterocycles. The van der Waals surface area contributed by atoms with E-state index in [1.165, 1.54) is 0 Å². The van der Waals surface area contributed by atoms with E-state index < -0.39 is 23.7 Å². The third-order valence-electron chi connectivity index (χ3n) is 2.57. The lowest BCUT2D eigenvalue weighted by molar-refractivity contribution is -0.140. The number of aliphatic hydroxyl groups excluding tert-OH is 1. The molecule has 1 unspecified atom stereocenters. The zero-order chi connectivity index (χ0) is 14.6. The zero-order valence-corrected chi connectivity index (χ0v) is 10.8. The van der Waals surface area contributed by atoms with Crippen molar-refractivity contribution in [3.63, 3.8) is 0 Å². The van der Waals surface area contributed by atoms with Gasteiger partial charge in [0.1, 0.15) is 5.82 Å². The number of hydrogen-bond donors (Lipinski definition) is 2. The first kappa shape index (κ1) is 15.9. The van der Waals surface area contributed by atoms with Gasteiger partial charge < -0.3 is 10.4 Å². The maximum absolute atomic E-state index is 13.3. The second-order valence-electron chi connectivity index (χ2n) is 4.80. The Hall–Kier alpha value is -1.14. The lowest BCUT2D eigenvalue weighted by Gasteiger charge is -2.15. The molecule has 1 aromatic rings. The Labute approximate surface area is 109 Å². The highest BCUT2D eigenvalue weighted by Gasteiger charge is 2.34. The van der Waals surface area contributed by atoms with Crippen molar-refractivity contribution in [2.75, 3.05) is 13.1 Å². The maximum atomic E-state index is 13.3. The lowest BCUT2D eigenvalue weighted by atomic mass is 10.1. The first-order valence-electron chi connectivity index (χ1n) is 5.97. The molecule has 1 aromatic carbocycles. The molecule has 0 bridgehead atoms. The molecule has 1 atom stereocenters. The van der Waals surface area contributed by atoms with Gasteiger partial charge in [0, 0.05) is 6.54 Å². The average Bonchev–Trinajstić information content (AvgIpc) is 2.26. The number of nitrogens with one attached hydrogen (secondary N) is 1. The molecule has 1 rings (SSSR count). The number of aliphatic hydroxyl groups is 1. The van der Waals surface area contributed by atoms with E-state index >= 15 is 0 Å². The molecule has 0 aliphatic rings. The quantitative estimate of drug-likeness (QED) is 0.812. The van der Waals surface area contributed by atoms with Crippen LogP contribution in [0.4, 0.5) is 17.6 Å². The van der Waals surface area contributed by atoms with Crippen LogP contribution in [0.25, 0.3) is 0 Å². The van der Waals surface area contributed by atoms with Crippen LogP contribution in [0.1, 0.15) is 31.1 Å². The topological polar surface area (TPSA) is 32.3 Å². The van der Waals surface area contributed by atoms with Crippen LogP contribution < -0.4 is 5.32 Å². The summed E-state index contributed by atoms with van der Waals surface area (Å²) in [7, 11) is 0. The standard InChI is InChI=1S/C13H17F4NO/c1-8(2)6-18-7-12(19)9-3-4-10(11(14)5-9)13(15,16)17/h3-5,8,12,18-19H,6-7H2,1-2H3. The van der Waals surface area contributed by atoms with Crippen LogP contribution in [-0.2, 0) is 6.18 Å². The number of alkyl halides is 3. The van der Waals surface area contributed by atoms with Gasteiger partial charge in [0.15, 0.2) is 0 Å². The molecule has 0 aliphatic carbocycles. The third-order valence-corrected chi connectivity index (χ3v) is 2.57. The van der Waals surface area contributed by atoms with Crippen molar-refractivity contribution in [2.45, 2.75) is 26.1 Å². The molecule has 0 aromatic heterocycles. The van der Waals surface area contributed by atoms with E-state index in [2.05, 4.69) is 5.32 Å². The fourth-order valence-corrected chi connectivity index (χ4v) is 1.60. The Kier molecular flexibility index (Phi) is 5.31. The summed E-state index contributed by atoms with van der Waals surface area (Å²) in [6, 6.07) is 2.47. The summed E-state index contributed by atoms with van der Waals surface area (Å²) in [5.41, 5.74) is -1.19. The molecule has 0 heterocycles. The van der Waals surface area contributed by atoms with Gasteiger partial charge in [0.05, 0.1) is 11.7 Å². The molecule has 108 valence electrons. The van der Waals surface area contributed by atoms with Gasteiger partial charge in [-0.25, -0.2) is 4.39 Å². The molecular formula is C13H17F4NO. The highest BCUT2D eigenvalue weighted by molar-refractivity contribution is 5.28. The highest BCUT2D eigenvalue weighted by atomic mass is 19.4. The molecule has 0 amide bonds. The summed E-state index contributed by atoms with van der Waals surface area (Å²) in [5, 5.41) is 12.7. The molecule has 19 heavy (non-hydrogen) atoms. The number of halogens is 4. The second kappa shape index (κ2) is 6.34. The Morgan fingerprint density at radius 2 is 1.84 bits per heavy atom. The summed E-state index contributed by atoms with van der Waals surface area (Å²) in [5.74, 6) is -0.982. The molecule has 0 radical (unpaired) electrons. The minimum absolute atomic E-state index is 0.127. The van der Waals surface area contributed by atoms with E-state index in [0.29, 0.717) is 18.5 Å². The number of hydrogen-bond acceptors (Lipinski definition) is 2. The molecule has 6 heteroatoms.